The number of hydrogen-bond acceptors (Lipinski definition) is 9. The van der Waals surface area contributed by atoms with Crippen LogP contribution in [-0.4, -0.2) is 63.2 Å². The molecule has 0 unspecified atom stereocenters. The number of amides is 2. The Labute approximate surface area is 328 Å². The number of hydrogen-bond donors (Lipinski definition) is 3. The molecule has 0 saturated carbocycles. The molecule has 3 aromatic rings. The molecule has 54 heavy (non-hydrogen) atoms. The zero-order chi connectivity index (χ0) is 39.2. The lowest BCUT2D eigenvalue weighted by Crippen LogP contribution is -2.45. The van der Waals surface area contributed by atoms with Crippen LogP contribution >= 0.6 is 35.6 Å². The van der Waals surface area contributed by atoms with Gasteiger partial charge in [0.25, 0.3) is 5.91 Å². The van der Waals surface area contributed by atoms with Gasteiger partial charge in [-0.05, 0) is 60.2 Å². The van der Waals surface area contributed by atoms with Crippen molar-refractivity contribution in [2.24, 2.45) is 5.41 Å². The maximum absolute atomic E-state index is 16.0. The maximum Gasteiger partial charge on any atom is 0.328 e. The van der Waals surface area contributed by atoms with E-state index in [-0.39, 0.29) is 69.8 Å². The molecule has 4 rings (SSSR count). The highest BCUT2D eigenvalue weighted by atomic mass is 35.5. The van der Waals surface area contributed by atoms with E-state index >= 15 is 8.78 Å². The van der Waals surface area contributed by atoms with Crippen LogP contribution in [0.15, 0.2) is 54.6 Å². The SMILES string of the molecule is COC(=O)CC[C@@H](NC(=O)c1ccc(NC(=O)[C@@H]2N[C@@H](CC(C)(C)C)[C@](C#N)(c3ccc(Cl)cc3F)[C@H]2c2cccc(Cl)c2F)c(OC)c1)C(=O)OC.Cl. The fraction of sp³-hybridized carbons (Fsp3) is 0.395. The van der Waals surface area contributed by atoms with Gasteiger partial charge < -0.3 is 30.2 Å². The van der Waals surface area contributed by atoms with E-state index in [2.05, 4.69) is 26.8 Å². The zero-order valence-corrected chi connectivity index (χ0v) is 32.7. The number of rotatable bonds is 12. The molecule has 0 radical (unpaired) electrons. The molecule has 290 valence electrons. The number of ether oxygens (including phenoxy) is 3. The Kier molecular flexibility index (Phi) is 14.8. The van der Waals surface area contributed by atoms with E-state index in [1.54, 1.807) is 0 Å². The van der Waals surface area contributed by atoms with E-state index in [4.69, 9.17) is 32.7 Å². The van der Waals surface area contributed by atoms with Gasteiger partial charge in [-0.3, -0.25) is 14.4 Å². The predicted octanol–water partition coefficient (Wildman–Crippen LogP) is 6.89. The first-order valence-corrected chi connectivity index (χ1v) is 17.3. The van der Waals surface area contributed by atoms with E-state index in [9.17, 15) is 24.4 Å². The molecule has 3 N–H and O–H groups in total. The Hall–Kier alpha value is -4.48. The number of nitrogens with one attached hydrogen (secondary N) is 3. The molecule has 0 spiro atoms. The number of esters is 2. The molecule has 16 heteroatoms. The van der Waals surface area contributed by atoms with Crippen LogP contribution in [0.5, 0.6) is 5.75 Å². The Morgan fingerprint density at radius 2 is 1.72 bits per heavy atom. The highest BCUT2D eigenvalue weighted by molar-refractivity contribution is 6.31. The maximum atomic E-state index is 16.0. The molecule has 0 bridgehead atoms. The first kappa shape index (κ1) is 43.9. The molecule has 1 saturated heterocycles. The van der Waals surface area contributed by atoms with Crippen LogP contribution in [0.1, 0.15) is 67.4 Å². The number of methoxy groups -OCH3 is 3. The van der Waals surface area contributed by atoms with Crippen molar-refractivity contribution in [1.29, 1.82) is 5.26 Å². The van der Waals surface area contributed by atoms with Gasteiger partial charge in [-0.15, -0.1) is 12.4 Å². The summed E-state index contributed by atoms with van der Waals surface area (Å²) < 4.78 is 46.8. The third kappa shape index (κ3) is 9.41. The summed E-state index contributed by atoms with van der Waals surface area (Å²) in [7, 11) is 3.65. The van der Waals surface area contributed by atoms with Gasteiger partial charge in [-0.25, -0.2) is 13.6 Å². The van der Waals surface area contributed by atoms with Gasteiger partial charge in [-0.2, -0.15) is 5.26 Å². The van der Waals surface area contributed by atoms with Crippen LogP contribution < -0.4 is 20.7 Å². The molecule has 2 amide bonds. The topological polar surface area (TPSA) is 156 Å². The minimum Gasteiger partial charge on any atom is -0.495 e. The fourth-order valence-corrected chi connectivity index (χ4v) is 7.04. The van der Waals surface area contributed by atoms with E-state index in [0.717, 1.165) is 13.2 Å². The van der Waals surface area contributed by atoms with Crippen LogP contribution in [0, 0.1) is 28.4 Å². The van der Waals surface area contributed by atoms with Gasteiger partial charge in [0, 0.05) is 34.5 Å². The smallest absolute Gasteiger partial charge is 0.328 e. The molecular weight excluding hydrogens is 769 g/mol. The number of carbonyl (C=O) groups is 4. The number of carbonyl (C=O) groups excluding carboxylic acids is 4. The largest absolute Gasteiger partial charge is 0.495 e. The number of nitriles is 1. The second kappa shape index (κ2) is 18.2. The number of halogens is 5. The van der Waals surface area contributed by atoms with Gasteiger partial charge in [0.05, 0.1) is 44.2 Å². The quantitative estimate of drug-likeness (QED) is 0.166. The molecule has 1 aliphatic heterocycles. The lowest BCUT2D eigenvalue weighted by Gasteiger charge is -2.37. The summed E-state index contributed by atoms with van der Waals surface area (Å²) in [5.41, 5.74) is -2.30. The summed E-state index contributed by atoms with van der Waals surface area (Å²) >= 11 is 12.3. The lowest BCUT2D eigenvalue weighted by atomic mass is 9.62. The second-order valence-electron chi connectivity index (χ2n) is 13.8. The second-order valence-corrected chi connectivity index (χ2v) is 14.6. The van der Waals surface area contributed by atoms with Crippen molar-refractivity contribution in [3.05, 3.63) is 93.0 Å². The van der Waals surface area contributed by atoms with Gasteiger partial charge in [0.15, 0.2) is 0 Å². The Morgan fingerprint density at radius 3 is 2.31 bits per heavy atom. The first-order chi connectivity index (χ1) is 25.0. The minimum atomic E-state index is -1.84. The van der Waals surface area contributed by atoms with Gasteiger partial charge >= 0.3 is 11.9 Å². The molecule has 3 aromatic carbocycles. The van der Waals surface area contributed by atoms with E-state index in [0.29, 0.717) is 0 Å². The van der Waals surface area contributed by atoms with Crippen molar-refractivity contribution < 1.29 is 42.2 Å². The molecule has 0 aromatic heterocycles. The normalized spacial score (nSPS) is 19.8. The summed E-state index contributed by atoms with van der Waals surface area (Å²) in [4.78, 5) is 51.6. The summed E-state index contributed by atoms with van der Waals surface area (Å²) in [5.74, 6) is -5.72. The number of nitrogens with zero attached hydrogens (tertiary/aromatic N) is 1. The van der Waals surface area contributed by atoms with Crippen LogP contribution in [0.4, 0.5) is 14.5 Å². The van der Waals surface area contributed by atoms with Crippen molar-refractivity contribution in [2.45, 2.75) is 69.5 Å². The Bertz CT molecular complexity index is 1940. The van der Waals surface area contributed by atoms with Crippen LogP contribution in [0.25, 0.3) is 0 Å². The predicted molar refractivity (Wildman–Crippen MR) is 201 cm³/mol. The summed E-state index contributed by atoms with van der Waals surface area (Å²) in [6.07, 6.45) is 0.0261. The highest BCUT2D eigenvalue weighted by Crippen LogP contribution is 2.53. The fourth-order valence-electron chi connectivity index (χ4n) is 6.70. The summed E-state index contributed by atoms with van der Waals surface area (Å²) in [5, 5.41) is 19.5. The average Bonchev–Trinajstić information content (AvgIpc) is 3.43. The standard InChI is InChI=1S/C38H40Cl2F2N4O7.ClH/c1-37(2,3)18-29-38(19-43,23-12-11-21(39)17-25(23)41)31(22-8-7-9-24(40)32(22)42)33(46-29)35(49)44-26-13-10-20(16-28(26)51-4)34(48)45-27(36(50)53-6)14-15-30(47)52-5;/h7-13,16-17,27,29,31,33,46H,14-15,18H2,1-6H3,(H,44,49)(H,45,48);1H/t27-,29+,31+,33-,38+;/m1./s1. The molecule has 5 atom stereocenters. The molecule has 0 aliphatic carbocycles. The van der Waals surface area contributed by atoms with Crippen molar-refractivity contribution in [2.75, 3.05) is 26.6 Å². The highest BCUT2D eigenvalue weighted by Gasteiger charge is 2.61. The van der Waals surface area contributed by atoms with Crippen LogP contribution in [0.3, 0.4) is 0 Å². The van der Waals surface area contributed by atoms with Crippen molar-refractivity contribution in [3.8, 4) is 11.8 Å². The van der Waals surface area contributed by atoms with E-state index in [1.807, 2.05) is 20.8 Å². The van der Waals surface area contributed by atoms with Gasteiger partial charge in [-0.1, -0.05) is 62.2 Å². The third-order valence-corrected chi connectivity index (χ3v) is 9.64. The number of benzene rings is 3. The first-order valence-electron chi connectivity index (χ1n) is 16.5. The third-order valence-electron chi connectivity index (χ3n) is 9.11. The average molecular weight is 810 g/mol. The summed E-state index contributed by atoms with van der Waals surface area (Å²) in [6.45, 7) is 5.77. The molecular formula is C38H41Cl3F2N4O7. The zero-order valence-electron chi connectivity index (χ0n) is 30.4. The minimum absolute atomic E-state index is 0. The van der Waals surface area contributed by atoms with Gasteiger partial charge in [0.2, 0.25) is 5.91 Å². The monoisotopic (exact) mass is 808 g/mol. The number of anilines is 1. The lowest BCUT2D eigenvalue weighted by molar-refractivity contribution is -0.144. The van der Waals surface area contributed by atoms with Gasteiger partial charge in [0.1, 0.15) is 28.8 Å². The van der Waals surface area contributed by atoms with Crippen LogP contribution in [0.2, 0.25) is 10.0 Å². The molecule has 1 fully saturated rings. The van der Waals surface area contributed by atoms with E-state index in [1.165, 1.54) is 62.8 Å². The van der Waals surface area contributed by atoms with Crippen LogP contribution in [-0.2, 0) is 29.3 Å². The van der Waals surface area contributed by atoms with Crippen molar-refractivity contribution in [1.82, 2.24) is 10.6 Å². The summed E-state index contributed by atoms with van der Waals surface area (Å²) in [6, 6.07) is 11.1. The van der Waals surface area contributed by atoms with E-state index < -0.39 is 70.3 Å². The van der Waals surface area contributed by atoms with Crippen molar-refractivity contribution in [3.63, 3.8) is 0 Å². The molecule has 1 aliphatic rings. The molecule has 1 heterocycles. The molecule has 11 nitrogen and oxygen atoms in total. The Balaban J connectivity index is 0.00000784. The van der Waals surface area contributed by atoms with Crippen molar-refractivity contribution >= 4 is 65.0 Å². The Morgan fingerprint density at radius 1 is 1.02 bits per heavy atom.